The summed E-state index contributed by atoms with van der Waals surface area (Å²) >= 11 is 0. The van der Waals surface area contributed by atoms with Gasteiger partial charge in [0.2, 0.25) is 0 Å². The van der Waals surface area contributed by atoms with Crippen LogP contribution in [0.1, 0.15) is 6.42 Å². The van der Waals surface area contributed by atoms with Crippen LogP contribution in [0, 0.1) is 0 Å². The second-order valence-corrected chi connectivity index (χ2v) is 6.60. The molecule has 2 bridgehead atoms. The monoisotopic (exact) mass is 260 g/mol. The SMILES string of the molecule is BC1CC2OCC(/C=C/P(=C)(O)O)(O1)C2OC. The van der Waals surface area contributed by atoms with Gasteiger partial charge in [0.05, 0.1) is 12.7 Å². The van der Waals surface area contributed by atoms with Gasteiger partial charge in [0.25, 0.3) is 0 Å². The van der Waals surface area contributed by atoms with E-state index in [-0.39, 0.29) is 18.2 Å². The van der Waals surface area contributed by atoms with E-state index in [9.17, 15) is 9.79 Å². The lowest BCUT2D eigenvalue weighted by Crippen LogP contribution is -2.53. The number of ether oxygens (including phenoxy) is 3. The molecular weight excluding hydrogens is 242 g/mol. The third-order valence-electron chi connectivity index (χ3n) is 3.18. The molecule has 0 aromatic rings. The van der Waals surface area contributed by atoms with E-state index in [2.05, 4.69) is 6.30 Å². The molecule has 2 saturated heterocycles. The van der Waals surface area contributed by atoms with E-state index in [0.717, 1.165) is 6.42 Å². The summed E-state index contributed by atoms with van der Waals surface area (Å²) in [7, 11) is 0.385. The smallest absolute Gasteiger partial charge is 0.139 e. The van der Waals surface area contributed by atoms with Gasteiger partial charge in [-0.1, -0.05) is 0 Å². The fourth-order valence-corrected chi connectivity index (χ4v) is 3.03. The number of rotatable bonds is 3. The van der Waals surface area contributed by atoms with E-state index in [0.29, 0.717) is 6.61 Å². The fraction of sp³-hybridized carbons (Fsp3) is 0.700. The molecule has 5 nitrogen and oxygen atoms in total. The van der Waals surface area contributed by atoms with Crippen molar-refractivity contribution in [1.82, 2.24) is 0 Å². The van der Waals surface area contributed by atoms with Gasteiger partial charge in [-0.05, 0) is 24.6 Å². The molecule has 96 valence electrons. The number of hydrogen-bond donors (Lipinski definition) is 2. The quantitative estimate of drug-likeness (QED) is 0.518. The van der Waals surface area contributed by atoms with E-state index in [1.807, 2.05) is 7.85 Å². The van der Waals surface area contributed by atoms with Gasteiger partial charge in [0.15, 0.2) is 0 Å². The molecule has 0 amide bonds. The predicted octanol–water partition coefficient (Wildman–Crippen LogP) is -0.704. The minimum atomic E-state index is -3.20. The summed E-state index contributed by atoms with van der Waals surface area (Å²) in [6.07, 6.45) is 5.52. The van der Waals surface area contributed by atoms with Gasteiger partial charge in [0.1, 0.15) is 26.9 Å². The molecule has 4 atom stereocenters. The van der Waals surface area contributed by atoms with Crippen LogP contribution in [0.3, 0.4) is 0 Å². The van der Waals surface area contributed by atoms with Crippen LogP contribution in [0.4, 0.5) is 0 Å². The van der Waals surface area contributed by atoms with E-state index < -0.39 is 12.9 Å². The van der Waals surface area contributed by atoms with Crippen LogP contribution in [-0.4, -0.2) is 61.5 Å². The molecule has 2 heterocycles. The van der Waals surface area contributed by atoms with Crippen LogP contribution in [0.5, 0.6) is 0 Å². The molecule has 2 rings (SSSR count). The normalized spacial score (nSPS) is 42.2. The van der Waals surface area contributed by atoms with Gasteiger partial charge in [-0.3, -0.25) is 0 Å². The highest BCUT2D eigenvalue weighted by Crippen LogP contribution is 2.43. The zero-order valence-electron chi connectivity index (χ0n) is 10.1. The Labute approximate surface area is 102 Å². The Kier molecular flexibility index (Phi) is 3.56. The maximum absolute atomic E-state index is 9.33. The Morgan fingerprint density at radius 1 is 1.59 bits per heavy atom. The van der Waals surface area contributed by atoms with Crippen LogP contribution in [0.15, 0.2) is 11.9 Å². The van der Waals surface area contributed by atoms with Crippen LogP contribution < -0.4 is 0 Å². The lowest BCUT2D eigenvalue weighted by molar-refractivity contribution is -0.131. The molecular formula is C10H18BO5P. The van der Waals surface area contributed by atoms with Gasteiger partial charge < -0.3 is 24.0 Å². The van der Waals surface area contributed by atoms with Crippen LogP contribution in [0.25, 0.3) is 0 Å². The number of methoxy groups -OCH3 is 1. The first-order chi connectivity index (χ1) is 7.86. The van der Waals surface area contributed by atoms with Gasteiger partial charge in [-0.25, -0.2) is 0 Å². The highest BCUT2D eigenvalue weighted by Gasteiger charge is 2.54. The Bertz CT molecular complexity index is 368. The minimum absolute atomic E-state index is 0.00309. The van der Waals surface area contributed by atoms with Crippen molar-refractivity contribution < 1.29 is 24.0 Å². The summed E-state index contributed by atoms with van der Waals surface area (Å²) in [6.45, 7) is 0.372. The molecule has 0 radical (unpaired) electrons. The second kappa shape index (κ2) is 4.54. The minimum Gasteiger partial charge on any atom is -0.375 e. The third-order valence-corrected chi connectivity index (χ3v) is 3.80. The third kappa shape index (κ3) is 2.68. The Hall–Kier alpha value is -0.0951. The van der Waals surface area contributed by atoms with Crippen molar-refractivity contribution in [2.75, 3.05) is 13.7 Å². The summed E-state index contributed by atoms with van der Waals surface area (Å²) in [5, 5.41) is 0. The van der Waals surface area contributed by atoms with Crippen molar-refractivity contribution in [3.8, 4) is 0 Å². The van der Waals surface area contributed by atoms with Crippen LogP contribution in [0.2, 0.25) is 0 Å². The van der Waals surface area contributed by atoms with Crippen LogP contribution in [-0.2, 0) is 14.2 Å². The fourth-order valence-electron chi connectivity index (χ4n) is 2.54. The summed E-state index contributed by atoms with van der Waals surface area (Å²) in [5.74, 6) is 1.31. The molecule has 0 spiro atoms. The maximum atomic E-state index is 9.33. The van der Waals surface area contributed by atoms with Crippen molar-refractivity contribution in [3.63, 3.8) is 0 Å². The standard InChI is InChI=1S/C10H18BO5P/c1-14-9-7-5-8(11)16-10(9,6-15-7)3-4-17(2,12)13/h3-4,7-9,12-13H,2,5-6,11H2,1H3/b4-3+. The molecule has 2 N–H and O–H groups in total. The zero-order valence-corrected chi connectivity index (χ0v) is 11.0. The van der Waals surface area contributed by atoms with E-state index in [1.54, 1.807) is 13.2 Å². The zero-order chi connectivity index (χ0) is 12.7. The predicted molar refractivity (Wildman–Crippen MR) is 68.9 cm³/mol. The second-order valence-electron chi connectivity index (χ2n) is 4.73. The summed E-state index contributed by atoms with van der Waals surface area (Å²) in [6, 6.07) is 0.0634. The molecule has 0 aliphatic carbocycles. The first kappa shape index (κ1) is 13.3. The Morgan fingerprint density at radius 3 is 2.88 bits per heavy atom. The van der Waals surface area contributed by atoms with Gasteiger partial charge >= 0.3 is 0 Å². The van der Waals surface area contributed by atoms with Crippen molar-refractivity contribution in [1.29, 1.82) is 0 Å². The molecule has 2 aliphatic heterocycles. The highest BCUT2D eigenvalue weighted by molar-refractivity contribution is 7.65. The molecule has 7 heteroatoms. The van der Waals surface area contributed by atoms with Gasteiger partial charge in [-0.2, -0.15) is 0 Å². The Morgan fingerprint density at radius 2 is 2.29 bits per heavy atom. The average molecular weight is 260 g/mol. The topological polar surface area (TPSA) is 68.2 Å². The van der Waals surface area contributed by atoms with Gasteiger partial charge in [0, 0.05) is 13.1 Å². The van der Waals surface area contributed by atoms with Crippen molar-refractivity contribution in [2.24, 2.45) is 0 Å². The molecule has 2 aliphatic rings. The van der Waals surface area contributed by atoms with Crippen LogP contribution >= 0.6 is 7.34 Å². The first-order valence-corrected chi connectivity index (χ1v) is 7.52. The van der Waals surface area contributed by atoms with Gasteiger partial charge in [-0.15, -0.1) is 0 Å². The van der Waals surface area contributed by atoms with E-state index in [4.69, 9.17) is 14.2 Å². The van der Waals surface area contributed by atoms with Crippen molar-refractivity contribution >= 4 is 21.5 Å². The van der Waals surface area contributed by atoms with E-state index in [1.165, 1.54) is 5.82 Å². The Balaban J connectivity index is 2.26. The molecule has 4 unspecified atom stereocenters. The number of fused-ring (bicyclic) bond motifs is 2. The lowest BCUT2D eigenvalue weighted by atomic mass is 9.83. The molecule has 0 aromatic carbocycles. The average Bonchev–Trinajstić information content (AvgIpc) is 2.44. The molecule has 2 fully saturated rings. The van der Waals surface area contributed by atoms with Crippen molar-refractivity contribution in [3.05, 3.63) is 11.9 Å². The highest BCUT2D eigenvalue weighted by atomic mass is 31.2. The largest absolute Gasteiger partial charge is 0.375 e. The molecule has 0 aromatic heterocycles. The number of hydrogen-bond acceptors (Lipinski definition) is 5. The summed E-state index contributed by atoms with van der Waals surface area (Å²) in [4.78, 5) is 18.7. The molecule has 17 heavy (non-hydrogen) atoms. The van der Waals surface area contributed by atoms with E-state index >= 15 is 0 Å². The summed E-state index contributed by atoms with van der Waals surface area (Å²) in [5.41, 5.74) is -0.717. The van der Waals surface area contributed by atoms with Crippen molar-refractivity contribution in [2.45, 2.75) is 30.2 Å². The lowest BCUT2D eigenvalue weighted by Gasteiger charge is -2.39. The maximum Gasteiger partial charge on any atom is 0.139 e. The molecule has 0 saturated carbocycles. The first-order valence-electron chi connectivity index (χ1n) is 5.57. The summed E-state index contributed by atoms with van der Waals surface area (Å²) < 4.78 is 17.0.